The Kier molecular flexibility index (Phi) is 6.57. The van der Waals surface area contributed by atoms with E-state index >= 15 is 0 Å². The Bertz CT molecular complexity index is 368. The summed E-state index contributed by atoms with van der Waals surface area (Å²) in [6.07, 6.45) is -4.38. The molecule has 10 heteroatoms. The molecular formula is C8H16F3N3O3S. The van der Waals surface area contributed by atoms with Crippen LogP contribution in [-0.2, 0) is 14.8 Å². The van der Waals surface area contributed by atoms with Crippen molar-refractivity contribution in [1.82, 2.24) is 14.9 Å². The van der Waals surface area contributed by atoms with E-state index in [1.54, 1.807) is 0 Å². The van der Waals surface area contributed by atoms with Crippen LogP contribution in [-0.4, -0.2) is 64.3 Å². The zero-order valence-corrected chi connectivity index (χ0v) is 10.9. The third-order valence-corrected chi connectivity index (χ3v) is 3.68. The lowest BCUT2D eigenvalue weighted by molar-refractivity contribution is -0.128. The molecule has 0 aliphatic rings. The van der Waals surface area contributed by atoms with Gasteiger partial charge in [-0.1, -0.05) is 0 Å². The summed E-state index contributed by atoms with van der Waals surface area (Å²) in [5.74, 6) is -0.987. The quantitative estimate of drug-likeness (QED) is 0.640. The Hall–Kier alpha value is -0.870. The van der Waals surface area contributed by atoms with Gasteiger partial charge in [0.05, 0.1) is 18.8 Å². The van der Waals surface area contributed by atoms with Crippen LogP contribution in [0.5, 0.6) is 0 Å². The first-order valence-corrected chi connectivity index (χ1v) is 6.60. The number of nitrogens with one attached hydrogen (secondary N) is 2. The molecule has 0 fully saturated rings. The van der Waals surface area contributed by atoms with Gasteiger partial charge in [-0.2, -0.15) is 13.2 Å². The number of hydrogen-bond acceptors (Lipinski definition) is 4. The summed E-state index contributed by atoms with van der Waals surface area (Å²) in [5.41, 5.74) is 0. The van der Waals surface area contributed by atoms with Crippen LogP contribution in [0.15, 0.2) is 0 Å². The smallest absolute Gasteiger partial charge is 0.354 e. The van der Waals surface area contributed by atoms with E-state index in [0.717, 1.165) is 4.31 Å². The van der Waals surface area contributed by atoms with E-state index in [2.05, 4.69) is 5.32 Å². The molecule has 0 aliphatic carbocycles. The Morgan fingerprint density at radius 1 is 1.28 bits per heavy atom. The molecule has 108 valence electrons. The average Bonchev–Trinajstić information content (AvgIpc) is 2.14. The Balaban J connectivity index is 3.80. The molecule has 0 unspecified atom stereocenters. The van der Waals surface area contributed by atoms with Crippen LogP contribution in [0.1, 0.15) is 0 Å². The number of rotatable bonds is 7. The SMILES string of the molecule is CN(C)S(=O)(=O)CCNC(=O)CNCC(F)(F)F. The van der Waals surface area contributed by atoms with Crippen molar-refractivity contribution in [3.05, 3.63) is 0 Å². The highest BCUT2D eigenvalue weighted by atomic mass is 32.2. The minimum Gasteiger partial charge on any atom is -0.354 e. The highest BCUT2D eigenvalue weighted by Gasteiger charge is 2.26. The number of amides is 1. The fraction of sp³-hybridized carbons (Fsp3) is 0.875. The lowest BCUT2D eigenvalue weighted by Crippen LogP contribution is -2.40. The number of carbonyl (C=O) groups is 1. The number of carbonyl (C=O) groups excluding carboxylic acids is 1. The number of alkyl halides is 3. The second-order valence-electron chi connectivity index (χ2n) is 3.67. The second kappa shape index (κ2) is 6.90. The Morgan fingerprint density at radius 2 is 1.83 bits per heavy atom. The van der Waals surface area contributed by atoms with Crippen LogP contribution >= 0.6 is 0 Å². The maximum Gasteiger partial charge on any atom is 0.401 e. The van der Waals surface area contributed by atoms with E-state index in [1.807, 2.05) is 5.32 Å². The highest BCUT2D eigenvalue weighted by Crippen LogP contribution is 2.11. The molecule has 0 aliphatic heterocycles. The van der Waals surface area contributed by atoms with E-state index < -0.39 is 35.2 Å². The molecule has 6 nitrogen and oxygen atoms in total. The van der Waals surface area contributed by atoms with Gasteiger partial charge < -0.3 is 10.6 Å². The van der Waals surface area contributed by atoms with Crippen molar-refractivity contribution in [1.29, 1.82) is 0 Å². The fourth-order valence-electron chi connectivity index (χ4n) is 0.882. The number of hydrogen-bond donors (Lipinski definition) is 2. The van der Waals surface area contributed by atoms with Crippen LogP contribution in [0.2, 0.25) is 0 Å². The Morgan fingerprint density at radius 3 is 2.28 bits per heavy atom. The third kappa shape index (κ3) is 8.25. The lowest BCUT2D eigenvalue weighted by Gasteiger charge is -2.12. The van der Waals surface area contributed by atoms with E-state index in [1.165, 1.54) is 14.1 Å². The van der Waals surface area contributed by atoms with Crippen molar-refractivity contribution < 1.29 is 26.4 Å². The van der Waals surface area contributed by atoms with E-state index in [-0.39, 0.29) is 12.3 Å². The largest absolute Gasteiger partial charge is 0.401 e. The zero-order valence-electron chi connectivity index (χ0n) is 10.0. The molecule has 0 heterocycles. The van der Waals surface area contributed by atoms with Crippen LogP contribution in [0.4, 0.5) is 13.2 Å². The normalized spacial score (nSPS) is 12.8. The summed E-state index contributed by atoms with van der Waals surface area (Å²) in [7, 11) is -0.721. The lowest BCUT2D eigenvalue weighted by atomic mass is 10.5. The first-order chi connectivity index (χ1) is 8.04. The van der Waals surface area contributed by atoms with Gasteiger partial charge in [0.15, 0.2) is 0 Å². The van der Waals surface area contributed by atoms with Crippen LogP contribution in [0.3, 0.4) is 0 Å². The van der Waals surface area contributed by atoms with Crippen molar-refractivity contribution in [2.45, 2.75) is 6.18 Å². The van der Waals surface area contributed by atoms with Gasteiger partial charge in [-0.15, -0.1) is 0 Å². The first-order valence-electron chi connectivity index (χ1n) is 4.99. The number of sulfonamides is 1. The molecule has 0 atom stereocenters. The standard InChI is InChI=1S/C8H16F3N3O3S/c1-14(2)18(16,17)4-3-13-7(15)5-12-6-8(9,10)11/h12H,3-6H2,1-2H3,(H,13,15). The maximum absolute atomic E-state index is 11.7. The summed E-state index contributed by atoms with van der Waals surface area (Å²) >= 11 is 0. The molecule has 0 radical (unpaired) electrons. The van der Waals surface area contributed by atoms with Gasteiger partial charge in [0.25, 0.3) is 0 Å². The van der Waals surface area contributed by atoms with Gasteiger partial charge in [0.2, 0.25) is 15.9 Å². The van der Waals surface area contributed by atoms with Gasteiger partial charge in [0, 0.05) is 20.6 Å². The molecule has 0 aromatic carbocycles. The zero-order chi connectivity index (χ0) is 14.4. The average molecular weight is 291 g/mol. The monoisotopic (exact) mass is 291 g/mol. The van der Waals surface area contributed by atoms with Gasteiger partial charge in [-0.3, -0.25) is 4.79 Å². The van der Waals surface area contributed by atoms with Crippen LogP contribution in [0.25, 0.3) is 0 Å². The maximum atomic E-state index is 11.7. The van der Waals surface area contributed by atoms with Crippen molar-refractivity contribution >= 4 is 15.9 Å². The minimum atomic E-state index is -4.38. The molecule has 0 saturated carbocycles. The van der Waals surface area contributed by atoms with E-state index in [4.69, 9.17) is 0 Å². The topological polar surface area (TPSA) is 78.5 Å². The first kappa shape index (κ1) is 17.1. The number of halogens is 3. The van der Waals surface area contributed by atoms with Crippen LogP contribution < -0.4 is 10.6 Å². The van der Waals surface area contributed by atoms with Crippen molar-refractivity contribution in [2.75, 3.05) is 39.5 Å². The molecular weight excluding hydrogens is 275 g/mol. The summed E-state index contributed by atoms with van der Waals surface area (Å²) in [6, 6.07) is 0. The summed E-state index contributed by atoms with van der Waals surface area (Å²) in [5, 5.41) is 4.10. The van der Waals surface area contributed by atoms with Gasteiger partial charge in [0.1, 0.15) is 0 Å². The predicted molar refractivity (Wildman–Crippen MR) is 59.4 cm³/mol. The molecule has 2 N–H and O–H groups in total. The molecule has 0 aromatic rings. The van der Waals surface area contributed by atoms with Crippen LogP contribution in [0, 0.1) is 0 Å². The minimum absolute atomic E-state index is 0.146. The molecule has 0 saturated heterocycles. The summed E-state index contributed by atoms with van der Waals surface area (Å²) in [4.78, 5) is 11.0. The third-order valence-electron chi connectivity index (χ3n) is 1.85. The molecule has 0 rings (SSSR count). The molecule has 1 amide bonds. The Labute approximate surface area is 104 Å². The van der Waals surface area contributed by atoms with Crippen molar-refractivity contribution in [3.63, 3.8) is 0 Å². The summed E-state index contributed by atoms with van der Waals surface area (Å²) < 4.78 is 58.7. The molecule has 0 spiro atoms. The van der Waals surface area contributed by atoms with E-state index in [9.17, 15) is 26.4 Å². The number of nitrogens with zero attached hydrogens (tertiary/aromatic N) is 1. The van der Waals surface area contributed by atoms with Gasteiger partial charge in [-0.05, 0) is 0 Å². The predicted octanol–water partition coefficient (Wildman–Crippen LogP) is -0.854. The summed E-state index contributed by atoms with van der Waals surface area (Å²) in [6.45, 7) is -1.93. The fourth-order valence-corrected chi connectivity index (χ4v) is 1.61. The van der Waals surface area contributed by atoms with E-state index in [0.29, 0.717) is 0 Å². The van der Waals surface area contributed by atoms with Crippen molar-refractivity contribution in [3.8, 4) is 0 Å². The molecule has 0 bridgehead atoms. The van der Waals surface area contributed by atoms with Gasteiger partial charge >= 0.3 is 6.18 Å². The second-order valence-corrected chi connectivity index (χ2v) is 5.97. The highest BCUT2D eigenvalue weighted by molar-refractivity contribution is 7.89. The van der Waals surface area contributed by atoms with Gasteiger partial charge in [-0.25, -0.2) is 12.7 Å². The van der Waals surface area contributed by atoms with Crippen molar-refractivity contribution in [2.24, 2.45) is 0 Å². The molecule has 18 heavy (non-hydrogen) atoms. The molecule has 0 aromatic heterocycles.